The first-order valence-electron chi connectivity index (χ1n) is 12.1. The first-order valence-corrected chi connectivity index (χ1v) is 12.1. The number of aromatic nitrogens is 2. The van der Waals surface area contributed by atoms with Crippen molar-refractivity contribution in [3.8, 4) is 28.4 Å². The van der Waals surface area contributed by atoms with Crippen LogP contribution in [0, 0.1) is 0 Å². The van der Waals surface area contributed by atoms with Crippen LogP contribution in [-0.4, -0.2) is 73.8 Å². The van der Waals surface area contributed by atoms with Gasteiger partial charge in [0.25, 0.3) is 0 Å². The van der Waals surface area contributed by atoms with Crippen LogP contribution in [-0.2, 0) is 18.9 Å². The molecule has 4 unspecified atom stereocenters. The summed E-state index contributed by atoms with van der Waals surface area (Å²) in [6.07, 6.45) is 2.52. The molecule has 4 atom stereocenters. The maximum absolute atomic E-state index is 5.84. The molecule has 0 amide bonds. The molecule has 0 spiro atoms. The Balaban J connectivity index is 1.10. The van der Waals surface area contributed by atoms with Crippen LogP contribution in [0.3, 0.4) is 0 Å². The molecule has 0 radical (unpaired) electrons. The van der Waals surface area contributed by atoms with Crippen molar-refractivity contribution in [2.75, 3.05) is 39.6 Å². The van der Waals surface area contributed by atoms with Gasteiger partial charge in [0.2, 0.25) is 0 Å². The lowest BCUT2D eigenvalue weighted by Gasteiger charge is -2.14. The summed E-state index contributed by atoms with van der Waals surface area (Å²) in [5.41, 5.74) is 2.88. The standard InChI is InChI=1S/C27H32N2O6/c1-19(30-15-25-17-34-25)13-32-23-7-3-21(4-8-23)27-11-12-29(28-27)22-5-9-24(10-6-22)33-14-20(2)31-16-26-18-35-26/h3-12,19-20,25-26H,13-18H2,1-2H3. The molecule has 0 N–H and O–H groups in total. The molecule has 186 valence electrons. The molecule has 8 heteroatoms. The van der Waals surface area contributed by atoms with Crippen molar-refractivity contribution in [2.24, 2.45) is 0 Å². The average molecular weight is 481 g/mol. The van der Waals surface area contributed by atoms with E-state index in [9.17, 15) is 0 Å². The van der Waals surface area contributed by atoms with Crippen LogP contribution >= 0.6 is 0 Å². The molecule has 0 saturated carbocycles. The fraction of sp³-hybridized carbons (Fsp3) is 0.444. The Labute approximate surface area is 205 Å². The van der Waals surface area contributed by atoms with Crippen LogP contribution in [0.5, 0.6) is 11.5 Å². The van der Waals surface area contributed by atoms with E-state index >= 15 is 0 Å². The summed E-state index contributed by atoms with van der Waals surface area (Å²) in [5, 5.41) is 4.72. The summed E-state index contributed by atoms with van der Waals surface area (Å²) in [7, 11) is 0. The maximum atomic E-state index is 5.84. The maximum Gasteiger partial charge on any atom is 0.119 e. The van der Waals surface area contributed by atoms with E-state index in [0.29, 0.717) is 26.4 Å². The minimum Gasteiger partial charge on any atom is -0.491 e. The van der Waals surface area contributed by atoms with E-state index in [-0.39, 0.29) is 24.4 Å². The lowest BCUT2D eigenvalue weighted by Crippen LogP contribution is -2.20. The Morgan fingerprint density at radius 3 is 1.83 bits per heavy atom. The van der Waals surface area contributed by atoms with Crippen molar-refractivity contribution in [3.63, 3.8) is 0 Å². The number of hydrogen-bond donors (Lipinski definition) is 0. The van der Waals surface area contributed by atoms with E-state index in [1.165, 1.54) is 0 Å². The van der Waals surface area contributed by atoms with Crippen molar-refractivity contribution >= 4 is 0 Å². The smallest absolute Gasteiger partial charge is 0.119 e. The second-order valence-corrected chi connectivity index (χ2v) is 8.98. The molecule has 0 aliphatic carbocycles. The minimum atomic E-state index is 0.0171. The number of ether oxygens (including phenoxy) is 6. The van der Waals surface area contributed by atoms with Gasteiger partial charge in [-0.15, -0.1) is 0 Å². The fourth-order valence-corrected chi connectivity index (χ4v) is 3.43. The summed E-state index contributed by atoms with van der Waals surface area (Å²) >= 11 is 0. The summed E-state index contributed by atoms with van der Waals surface area (Å²) < 4.78 is 35.2. The van der Waals surface area contributed by atoms with E-state index in [1.807, 2.05) is 79.3 Å². The molecule has 8 nitrogen and oxygen atoms in total. The predicted octanol–water partition coefficient (Wildman–Crippen LogP) is 3.90. The minimum absolute atomic E-state index is 0.0171. The van der Waals surface area contributed by atoms with E-state index in [2.05, 4.69) is 0 Å². The zero-order valence-corrected chi connectivity index (χ0v) is 20.2. The highest BCUT2D eigenvalue weighted by atomic mass is 16.6. The highest BCUT2D eigenvalue weighted by Crippen LogP contribution is 2.23. The van der Waals surface area contributed by atoms with Crippen molar-refractivity contribution < 1.29 is 28.4 Å². The third kappa shape index (κ3) is 7.29. The summed E-state index contributed by atoms with van der Waals surface area (Å²) in [6.45, 7) is 7.87. The topological polar surface area (TPSA) is 79.8 Å². The number of rotatable bonds is 14. The normalized spacial score (nSPS) is 20.3. The molecule has 3 heterocycles. The molecule has 2 fully saturated rings. The Morgan fingerprint density at radius 1 is 0.800 bits per heavy atom. The molecule has 2 aliphatic rings. The van der Waals surface area contributed by atoms with Crippen molar-refractivity contribution in [1.29, 1.82) is 0 Å². The number of benzene rings is 2. The Bertz CT molecular complexity index is 976. The zero-order chi connectivity index (χ0) is 24.0. The molecular weight excluding hydrogens is 448 g/mol. The second kappa shape index (κ2) is 11.2. The zero-order valence-electron chi connectivity index (χ0n) is 20.2. The SMILES string of the molecule is CC(COc1ccc(-c2ccn(-c3ccc(OCC(C)OCC4CO4)cc3)n2)cc1)OCC1CO1. The van der Waals surface area contributed by atoms with Gasteiger partial charge in [0, 0.05) is 11.8 Å². The quantitative estimate of drug-likeness (QED) is 0.324. The average Bonchev–Trinajstić information content (AvgIpc) is 3.83. The lowest BCUT2D eigenvalue weighted by atomic mass is 10.1. The molecule has 2 aliphatic heterocycles. The number of nitrogens with zero attached hydrogens (tertiary/aromatic N) is 2. The van der Waals surface area contributed by atoms with Gasteiger partial charge < -0.3 is 28.4 Å². The van der Waals surface area contributed by atoms with Crippen LogP contribution in [0.25, 0.3) is 16.9 Å². The van der Waals surface area contributed by atoms with Gasteiger partial charge in [-0.3, -0.25) is 0 Å². The monoisotopic (exact) mass is 480 g/mol. The van der Waals surface area contributed by atoms with Gasteiger partial charge in [0.1, 0.15) is 36.9 Å². The molecule has 2 aromatic carbocycles. The molecule has 35 heavy (non-hydrogen) atoms. The van der Waals surface area contributed by atoms with Crippen LogP contribution in [0.4, 0.5) is 0 Å². The van der Waals surface area contributed by atoms with Gasteiger partial charge in [-0.2, -0.15) is 5.10 Å². The third-order valence-corrected chi connectivity index (χ3v) is 5.75. The van der Waals surface area contributed by atoms with Gasteiger partial charge in [0.05, 0.1) is 50.0 Å². The fourth-order valence-electron chi connectivity index (χ4n) is 3.43. The molecule has 1 aromatic heterocycles. The summed E-state index contributed by atoms with van der Waals surface area (Å²) in [5.74, 6) is 1.61. The third-order valence-electron chi connectivity index (χ3n) is 5.75. The molecule has 2 saturated heterocycles. The number of epoxide rings is 2. The van der Waals surface area contributed by atoms with Crippen LogP contribution in [0.15, 0.2) is 60.8 Å². The lowest BCUT2D eigenvalue weighted by molar-refractivity contribution is 0.0241. The molecule has 3 aromatic rings. The van der Waals surface area contributed by atoms with Gasteiger partial charge >= 0.3 is 0 Å². The Kier molecular flexibility index (Phi) is 7.63. The van der Waals surface area contributed by atoms with Gasteiger partial charge in [0.15, 0.2) is 0 Å². The largest absolute Gasteiger partial charge is 0.491 e. The van der Waals surface area contributed by atoms with E-state index in [4.69, 9.17) is 33.5 Å². The Hall–Kier alpha value is -2.91. The highest BCUT2D eigenvalue weighted by molar-refractivity contribution is 5.60. The van der Waals surface area contributed by atoms with Crippen molar-refractivity contribution in [2.45, 2.75) is 38.3 Å². The van der Waals surface area contributed by atoms with E-state index in [1.54, 1.807) is 0 Å². The van der Waals surface area contributed by atoms with Crippen molar-refractivity contribution in [3.05, 3.63) is 60.8 Å². The number of hydrogen-bond acceptors (Lipinski definition) is 7. The Morgan fingerprint density at radius 2 is 1.31 bits per heavy atom. The first kappa shape index (κ1) is 23.8. The van der Waals surface area contributed by atoms with Crippen LogP contribution in [0.1, 0.15) is 13.8 Å². The predicted molar refractivity (Wildman–Crippen MR) is 130 cm³/mol. The van der Waals surface area contributed by atoms with Crippen LogP contribution in [0.2, 0.25) is 0 Å². The van der Waals surface area contributed by atoms with Crippen LogP contribution < -0.4 is 9.47 Å². The second-order valence-electron chi connectivity index (χ2n) is 8.98. The molecule has 0 bridgehead atoms. The molecule has 5 rings (SSSR count). The summed E-state index contributed by atoms with van der Waals surface area (Å²) in [4.78, 5) is 0. The molecular formula is C27H32N2O6. The van der Waals surface area contributed by atoms with E-state index < -0.39 is 0 Å². The van der Waals surface area contributed by atoms with Gasteiger partial charge in [-0.05, 0) is 68.4 Å². The van der Waals surface area contributed by atoms with Gasteiger partial charge in [-0.1, -0.05) is 0 Å². The van der Waals surface area contributed by atoms with Crippen molar-refractivity contribution in [1.82, 2.24) is 9.78 Å². The van der Waals surface area contributed by atoms with Gasteiger partial charge in [-0.25, -0.2) is 4.68 Å². The van der Waals surface area contributed by atoms with E-state index in [0.717, 1.165) is 41.7 Å². The summed E-state index contributed by atoms with van der Waals surface area (Å²) in [6, 6.07) is 17.8. The first-order chi connectivity index (χ1) is 17.1. The highest BCUT2D eigenvalue weighted by Gasteiger charge is 2.24.